The van der Waals surface area contributed by atoms with Crippen LogP contribution in [0.25, 0.3) is 11.3 Å². The molecule has 0 bridgehead atoms. The molecule has 106 valence electrons. The molecule has 2 aromatic rings. The Labute approximate surface area is 129 Å². The SMILES string of the molecule is [2H]C([2H])([2H])c1ccccc1-c1cc(C([2H])(C)C)c([Si](C)(C)C)cn1. The Bertz CT molecular complexity index is 740. The number of benzene rings is 1. The first-order chi connectivity index (χ1) is 10.8. The van der Waals surface area contributed by atoms with Gasteiger partial charge in [0.1, 0.15) is 0 Å². The van der Waals surface area contributed by atoms with Crippen LogP contribution in [0.3, 0.4) is 0 Å². The smallest absolute Gasteiger partial charge is 0.0799 e. The molecule has 0 aliphatic heterocycles. The van der Waals surface area contributed by atoms with Crippen LogP contribution >= 0.6 is 0 Å². The Morgan fingerprint density at radius 3 is 2.50 bits per heavy atom. The number of nitrogens with zero attached hydrogens (tertiary/aromatic N) is 1. The van der Waals surface area contributed by atoms with Crippen molar-refractivity contribution in [2.75, 3.05) is 0 Å². The van der Waals surface area contributed by atoms with E-state index in [0.717, 1.165) is 10.8 Å². The summed E-state index contributed by atoms with van der Waals surface area (Å²) in [6.45, 7) is 8.24. The molecule has 1 aromatic carbocycles. The van der Waals surface area contributed by atoms with Gasteiger partial charge in [-0.15, -0.1) is 0 Å². The summed E-state index contributed by atoms with van der Waals surface area (Å²) in [6, 6.07) is 8.88. The molecule has 1 aromatic heterocycles. The van der Waals surface area contributed by atoms with Gasteiger partial charge in [-0.2, -0.15) is 0 Å². The van der Waals surface area contributed by atoms with Gasteiger partial charge < -0.3 is 0 Å². The maximum Gasteiger partial charge on any atom is 0.0799 e. The first-order valence-corrected chi connectivity index (χ1v) is 10.4. The summed E-state index contributed by atoms with van der Waals surface area (Å²) in [4.78, 5) is 4.57. The molecule has 20 heavy (non-hydrogen) atoms. The summed E-state index contributed by atoms with van der Waals surface area (Å²) in [6.07, 6.45) is 1.85. The Morgan fingerprint density at radius 2 is 1.90 bits per heavy atom. The van der Waals surface area contributed by atoms with Gasteiger partial charge in [-0.05, 0) is 35.1 Å². The van der Waals surface area contributed by atoms with Gasteiger partial charge in [0.25, 0.3) is 0 Å². The summed E-state index contributed by atoms with van der Waals surface area (Å²) in [5.74, 6) is -0.762. The third-order valence-corrected chi connectivity index (χ3v) is 5.47. The van der Waals surface area contributed by atoms with Crippen molar-refractivity contribution in [2.24, 2.45) is 0 Å². The molecule has 1 nitrogen and oxygen atoms in total. The average Bonchev–Trinajstić information content (AvgIpc) is 2.44. The predicted molar refractivity (Wildman–Crippen MR) is 91.5 cm³/mol. The number of aryl methyl sites for hydroxylation is 1. The lowest BCUT2D eigenvalue weighted by molar-refractivity contribution is 0.869. The molecule has 2 rings (SSSR count). The highest BCUT2D eigenvalue weighted by Gasteiger charge is 2.22. The fraction of sp³-hybridized carbons (Fsp3) is 0.389. The molecule has 0 aliphatic carbocycles. The van der Waals surface area contributed by atoms with E-state index in [4.69, 9.17) is 5.48 Å². The third-order valence-electron chi connectivity index (χ3n) is 3.45. The zero-order chi connectivity index (χ0) is 18.3. The molecule has 0 saturated heterocycles. The highest BCUT2D eigenvalue weighted by molar-refractivity contribution is 6.89. The second kappa shape index (κ2) is 5.53. The molecule has 1 heterocycles. The van der Waals surface area contributed by atoms with Crippen LogP contribution in [-0.2, 0) is 0 Å². The molecule has 0 unspecified atom stereocenters. The molecule has 2 heteroatoms. The summed E-state index contributed by atoms with van der Waals surface area (Å²) >= 11 is 0. The fourth-order valence-electron chi connectivity index (χ4n) is 2.32. The van der Waals surface area contributed by atoms with E-state index in [9.17, 15) is 0 Å². The lowest BCUT2D eigenvalue weighted by Gasteiger charge is -2.23. The van der Waals surface area contributed by atoms with Crippen LogP contribution in [0.4, 0.5) is 0 Å². The van der Waals surface area contributed by atoms with Crippen LogP contribution in [-0.4, -0.2) is 13.1 Å². The molecule has 0 N–H and O–H groups in total. The minimum Gasteiger partial charge on any atom is -0.256 e. The zero-order valence-electron chi connectivity index (χ0n) is 16.9. The number of hydrogen-bond acceptors (Lipinski definition) is 1. The van der Waals surface area contributed by atoms with Gasteiger partial charge in [0.05, 0.1) is 13.8 Å². The van der Waals surface area contributed by atoms with Crippen molar-refractivity contribution in [3.63, 3.8) is 0 Å². The van der Waals surface area contributed by atoms with Crippen molar-refractivity contribution in [3.8, 4) is 11.3 Å². The van der Waals surface area contributed by atoms with Crippen molar-refractivity contribution in [1.82, 2.24) is 4.98 Å². The first kappa shape index (κ1) is 10.3. The monoisotopic (exact) mass is 287 g/mol. The summed E-state index contributed by atoms with van der Waals surface area (Å²) in [7, 11) is -1.66. The maximum absolute atomic E-state index is 8.51. The maximum atomic E-state index is 8.51. The molecule has 0 aliphatic rings. The Hall–Kier alpha value is -1.41. The number of pyridine rings is 1. The lowest BCUT2D eigenvalue weighted by Crippen LogP contribution is -2.40. The second-order valence-corrected chi connectivity index (χ2v) is 11.4. The molecule has 0 atom stereocenters. The largest absolute Gasteiger partial charge is 0.256 e. The van der Waals surface area contributed by atoms with Crippen molar-refractivity contribution in [1.29, 1.82) is 0 Å². The van der Waals surface area contributed by atoms with Crippen molar-refractivity contribution in [2.45, 2.75) is 46.2 Å². The van der Waals surface area contributed by atoms with Gasteiger partial charge in [-0.1, -0.05) is 57.8 Å². The van der Waals surface area contributed by atoms with Crippen LogP contribution in [0.15, 0.2) is 36.5 Å². The van der Waals surface area contributed by atoms with Crippen LogP contribution in [0, 0.1) is 6.85 Å². The highest BCUT2D eigenvalue weighted by Crippen LogP contribution is 2.25. The van der Waals surface area contributed by atoms with E-state index in [1.807, 2.05) is 32.2 Å². The van der Waals surface area contributed by atoms with Crippen molar-refractivity contribution >= 4 is 13.3 Å². The van der Waals surface area contributed by atoms with E-state index in [0.29, 0.717) is 16.8 Å². The van der Waals surface area contributed by atoms with Gasteiger partial charge in [0, 0.05) is 17.2 Å². The number of rotatable bonds is 3. The summed E-state index contributed by atoms with van der Waals surface area (Å²) < 4.78 is 31.8. The van der Waals surface area contributed by atoms with E-state index in [-0.39, 0.29) is 0 Å². The summed E-state index contributed by atoms with van der Waals surface area (Å²) in [5, 5.41) is 1.15. The minimum atomic E-state index is -2.19. The Kier molecular flexibility index (Phi) is 2.86. The fourth-order valence-corrected chi connectivity index (χ4v) is 3.90. The molecule has 0 saturated carbocycles. The predicted octanol–water partition coefficient (Wildman–Crippen LogP) is 4.73. The van der Waals surface area contributed by atoms with Crippen LogP contribution in [0.2, 0.25) is 19.6 Å². The van der Waals surface area contributed by atoms with Crippen molar-refractivity contribution in [3.05, 3.63) is 47.7 Å². The lowest BCUT2D eigenvalue weighted by atomic mass is 9.99. The van der Waals surface area contributed by atoms with Crippen molar-refractivity contribution < 1.29 is 5.48 Å². The van der Waals surface area contributed by atoms with E-state index < -0.39 is 20.8 Å². The molecule has 0 spiro atoms. The van der Waals surface area contributed by atoms with Crippen LogP contribution in [0.5, 0.6) is 0 Å². The normalized spacial score (nSPS) is 16.1. The first-order valence-electron chi connectivity index (χ1n) is 8.93. The van der Waals surface area contributed by atoms with Crippen LogP contribution < -0.4 is 5.19 Å². The highest BCUT2D eigenvalue weighted by atomic mass is 28.3. The third kappa shape index (κ3) is 3.01. The average molecular weight is 288 g/mol. The molecule has 0 radical (unpaired) electrons. The topological polar surface area (TPSA) is 12.9 Å². The number of aromatic nitrogens is 1. The standard InChI is InChI=1S/C18H25NSi/c1-13(2)16-11-17(15-10-8-7-9-14(15)3)19-12-18(16)20(4,5)6/h7-13H,1-6H3/i3D3,13D. The van der Waals surface area contributed by atoms with E-state index in [1.54, 1.807) is 18.2 Å². The van der Waals surface area contributed by atoms with E-state index >= 15 is 0 Å². The molecule has 0 amide bonds. The van der Waals surface area contributed by atoms with Gasteiger partial charge >= 0.3 is 0 Å². The number of hydrogen-bond donors (Lipinski definition) is 0. The molecular formula is C18H25NSi. The van der Waals surface area contributed by atoms with Gasteiger partial charge in [0.15, 0.2) is 0 Å². The van der Waals surface area contributed by atoms with Gasteiger partial charge in [-0.3, -0.25) is 4.98 Å². The Balaban J connectivity index is 2.72. The minimum absolute atomic E-state index is 0.298. The zero-order valence-corrected chi connectivity index (χ0v) is 13.9. The Morgan fingerprint density at radius 1 is 1.20 bits per heavy atom. The molecule has 0 fully saturated rings. The summed E-state index contributed by atoms with van der Waals surface area (Å²) in [5.41, 5.74) is 2.48. The van der Waals surface area contributed by atoms with Crippen LogP contribution in [0.1, 0.15) is 36.4 Å². The van der Waals surface area contributed by atoms with E-state index in [2.05, 4.69) is 24.6 Å². The quantitative estimate of drug-likeness (QED) is 0.744. The molecular weight excluding hydrogens is 258 g/mol. The van der Waals surface area contributed by atoms with E-state index in [1.165, 1.54) is 0 Å². The second-order valence-electron chi connectivity index (χ2n) is 6.41. The van der Waals surface area contributed by atoms with Gasteiger partial charge in [0.2, 0.25) is 0 Å². The van der Waals surface area contributed by atoms with Gasteiger partial charge in [-0.25, -0.2) is 0 Å².